The maximum Gasteiger partial charge on any atom is -0.0295 e. The zero-order valence-electron chi connectivity index (χ0n) is 14.8. The van der Waals surface area contributed by atoms with Gasteiger partial charge in [-0.1, -0.05) is 66.7 Å². The molecule has 0 radical (unpaired) electrons. The average Bonchev–Trinajstić information content (AvgIpc) is 2.70. The summed E-state index contributed by atoms with van der Waals surface area (Å²) in [6.07, 6.45) is 13.4. The van der Waals surface area contributed by atoms with Crippen LogP contribution in [0, 0.1) is 35.0 Å². The Kier molecular flexibility index (Phi) is 5.60. The highest BCUT2D eigenvalue weighted by molar-refractivity contribution is 4.95. The van der Waals surface area contributed by atoms with Gasteiger partial charge >= 0.3 is 0 Å². The summed E-state index contributed by atoms with van der Waals surface area (Å²) in [5.74, 6) is 4.81. The quantitative estimate of drug-likeness (QED) is 0.501. The van der Waals surface area contributed by atoms with Crippen molar-refractivity contribution in [1.29, 1.82) is 0 Å². The van der Waals surface area contributed by atoms with Gasteiger partial charge in [-0.05, 0) is 60.7 Å². The summed E-state index contributed by atoms with van der Waals surface area (Å²) >= 11 is 0. The SMILES string of the molecule is CC1CCCC(C)CCC2(C)CCC(C(C)C)C2CC1. The third-order valence-corrected chi connectivity index (χ3v) is 6.89. The molecular weight excluding hydrogens is 240 g/mol. The second kappa shape index (κ2) is 6.84. The van der Waals surface area contributed by atoms with E-state index in [0.29, 0.717) is 5.41 Å². The van der Waals surface area contributed by atoms with Crippen LogP contribution in [0.25, 0.3) is 0 Å². The standard InChI is InChI=1S/C20H38/c1-15(2)18-12-14-20(5)13-11-17(4)8-6-7-16(3)9-10-19(18)20/h15-19H,6-14H2,1-5H3. The van der Waals surface area contributed by atoms with Gasteiger partial charge in [0.15, 0.2) is 0 Å². The fraction of sp³-hybridized carbons (Fsp3) is 1.00. The monoisotopic (exact) mass is 278 g/mol. The number of rotatable bonds is 1. The molecule has 0 amide bonds. The third kappa shape index (κ3) is 3.80. The van der Waals surface area contributed by atoms with Gasteiger partial charge in [0.05, 0.1) is 0 Å². The minimum absolute atomic E-state index is 0.660. The Labute approximate surface area is 128 Å². The van der Waals surface area contributed by atoms with E-state index in [0.717, 1.165) is 29.6 Å². The number of fused-ring (bicyclic) bond motifs is 1. The zero-order valence-corrected chi connectivity index (χ0v) is 14.8. The van der Waals surface area contributed by atoms with E-state index in [4.69, 9.17) is 0 Å². The molecule has 20 heavy (non-hydrogen) atoms. The molecule has 2 fully saturated rings. The predicted molar refractivity (Wildman–Crippen MR) is 89.8 cm³/mol. The van der Waals surface area contributed by atoms with Crippen LogP contribution in [0.2, 0.25) is 0 Å². The molecule has 0 nitrogen and oxygen atoms in total. The first-order valence-electron chi connectivity index (χ1n) is 9.42. The zero-order chi connectivity index (χ0) is 14.8. The van der Waals surface area contributed by atoms with Crippen LogP contribution in [0.5, 0.6) is 0 Å². The molecule has 0 N–H and O–H groups in total. The van der Waals surface area contributed by atoms with Gasteiger partial charge in [-0.3, -0.25) is 0 Å². The number of hydrogen-bond donors (Lipinski definition) is 0. The van der Waals surface area contributed by atoms with Crippen LogP contribution in [0.15, 0.2) is 0 Å². The lowest BCUT2D eigenvalue weighted by Crippen LogP contribution is -2.28. The van der Waals surface area contributed by atoms with Crippen LogP contribution >= 0.6 is 0 Å². The van der Waals surface area contributed by atoms with Crippen molar-refractivity contribution < 1.29 is 0 Å². The van der Waals surface area contributed by atoms with Gasteiger partial charge in [-0.15, -0.1) is 0 Å². The molecule has 0 aliphatic heterocycles. The van der Waals surface area contributed by atoms with Gasteiger partial charge in [0.2, 0.25) is 0 Å². The Morgan fingerprint density at radius 2 is 1.40 bits per heavy atom. The third-order valence-electron chi connectivity index (χ3n) is 6.89. The summed E-state index contributed by atoms with van der Waals surface area (Å²) in [7, 11) is 0. The molecule has 0 heteroatoms. The lowest BCUT2D eigenvalue weighted by Gasteiger charge is -2.37. The lowest BCUT2D eigenvalue weighted by atomic mass is 9.68. The second-order valence-electron chi connectivity index (χ2n) is 8.96. The van der Waals surface area contributed by atoms with Gasteiger partial charge in [-0.25, -0.2) is 0 Å². The van der Waals surface area contributed by atoms with Crippen LogP contribution in [-0.2, 0) is 0 Å². The summed E-state index contributed by atoms with van der Waals surface area (Å²) in [5, 5.41) is 0. The molecule has 0 spiro atoms. The second-order valence-corrected chi connectivity index (χ2v) is 8.96. The topological polar surface area (TPSA) is 0 Å². The highest BCUT2D eigenvalue weighted by atomic mass is 14.5. The van der Waals surface area contributed by atoms with E-state index in [1.807, 2.05) is 0 Å². The summed E-state index contributed by atoms with van der Waals surface area (Å²) in [6.45, 7) is 12.6. The molecule has 2 saturated carbocycles. The Morgan fingerprint density at radius 1 is 0.800 bits per heavy atom. The molecule has 118 valence electrons. The van der Waals surface area contributed by atoms with Crippen molar-refractivity contribution in [3.63, 3.8) is 0 Å². The van der Waals surface area contributed by atoms with E-state index in [1.54, 1.807) is 0 Å². The van der Waals surface area contributed by atoms with E-state index in [9.17, 15) is 0 Å². The minimum atomic E-state index is 0.660. The molecule has 0 heterocycles. The molecule has 0 aromatic rings. The molecule has 2 aliphatic carbocycles. The van der Waals surface area contributed by atoms with Crippen molar-refractivity contribution in [2.75, 3.05) is 0 Å². The van der Waals surface area contributed by atoms with Crippen molar-refractivity contribution in [3.8, 4) is 0 Å². The van der Waals surface area contributed by atoms with Crippen molar-refractivity contribution in [2.45, 2.75) is 92.4 Å². The van der Waals surface area contributed by atoms with Crippen LogP contribution < -0.4 is 0 Å². The molecule has 0 aromatic carbocycles. The fourth-order valence-corrected chi connectivity index (χ4v) is 5.21. The van der Waals surface area contributed by atoms with E-state index in [1.165, 1.54) is 57.8 Å². The number of hydrogen-bond acceptors (Lipinski definition) is 0. The van der Waals surface area contributed by atoms with Gasteiger partial charge in [0, 0.05) is 0 Å². The maximum absolute atomic E-state index is 2.63. The Balaban J connectivity index is 2.12. The van der Waals surface area contributed by atoms with E-state index in [-0.39, 0.29) is 0 Å². The Hall–Kier alpha value is 0. The first-order chi connectivity index (χ1) is 9.42. The van der Waals surface area contributed by atoms with Gasteiger partial charge in [0.1, 0.15) is 0 Å². The van der Waals surface area contributed by atoms with Crippen molar-refractivity contribution >= 4 is 0 Å². The molecular formula is C20H38. The molecule has 2 aliphatic rings. The van der Waals surface area contributed by atoms with Crippen LogP contribution in [0.4, 0.5) is 0 Å². The van der Waals surface area contributed by atoms with E-state index < -0.39 is 0 Å². The van der Waals surface area contributed by atoms with E-state index >= 15 is 0 Å². The van der Waals surface area contributed by atoms with Gasteiger partial charge in [0.25, 0.3) is 0 Å². The highest BCUT2D eigenvalue weighted by Gasteiger charge is 2.45. The fourth-order valence-electron chi connectivity index (χ4n) is 5.21. The van der Waals surface area contributed by atoms with Crippen LogP contribution in [-0.4, -0.2) is 0 Å². The Morgan fingerprint density at radius 3 is 2.05 bits per heavy atom. The molecule has 5 atom stereocenters. The first-order valence-corrected chi connectivity index (χ1v) is 9.42. The summed E-state index contributed by atoms with van der Waals surface area (Å²) in [5.41, 5.74) is 0.660. The van der Waals surface area contributed by atoms with Crippen LogP contribution in [0.1, 0.15) is 92.4 Å². The van der Waals surface area contributed by atoms with Crippen molar-refractivity contribution in [1.82, 2.24) is 0 Å². The van der Waals surface area contributed by atoms with Gasteiger partial charge in [-0.2, -0.15) is 0 Å². The summed E-state index contributed by atoms with van der Waals surface area (Å²) in [4.78, 5) is 0. The average molecular weight is 279 g/mol. The summed E-state index contributed by atoms with van der Waals surface area (Å²) < 4.78 is 0. The molecule has 0 saturated heterocycles. The predicted octanol–water partition coefficient (Wildman–Crippen LogP) is 6.69. The molecule has 5 unspecified atom stereocenters. The first kappa shape index (κ1) is 16.4. The highest BCUT2D eigenvalue weighted by Crippen LogP contribution is 2.54. The van der Waals surface area contributed by atoms with Crippen LogP contribution in [0.3, 0.4) is 0 Å². The normalized spacial score (nSPS) is 44.1. The minimum Gasteiger partial charge on any atom is -0.0625 e. The molecule has 0 bridgehead atoms. The van der Waals surface area contributed by atoms with Gasteiger partial charge < -0.3 is 0 Å². The molecule has 0 aromatic heterocycles. The molecule has 2 rings (SSSR count). The summed E-state index contributed by atoms with van der Waals surface area (Å²) in [6, 6.07) is 0. The Bertz CT molecular complexity index is 292. The van der Waals surface area contributed by atoms with Crippen molar-refractivity contribution in [2.24, 2.45) is 35.0 Å². The van der Waals surface area contributed by atoms with Crippen molar-refractivity contribution in [3.05, 3.63) is 0 Å². The lowest BCUT2D eigenvalue weighted by molar-refractivity contribution is 0.129. The smallest absolute Gasteiger partial charge is 0.0295 e. The largest absolute Gasteiger partial charge is 0.0625 e. The maximum atomic E-state index is 2.63. The van der Waals surface area contributed by atoms with E-state index in [2.05, 4.69) is 34.6 Å².